The van der Waals surface area contributed by atoms with E-state index in [0.717, 1.165) is 15.9 Å². The van der Waals surface area contributed by atoms with Crippen molar-refractivity contribution in [1.29, 1.82) is 0 Å². The summed E-state index contributed by atoms with van der Waals surface area (Å²) in [5.41, 5.74) is 1.50. The van der Waals surface area contributed by atoms with E-state index in [-0.39, 0.29) is 13.2 Å². The second-order valence-corrected chi connectivity index (χ2v) is 4.72. The van der Waals surface area contributed by atoms with E-state index >= 15 is 0 Å². The highest BCUT2D eigenvalue weighted by Crippen LogP contribution is 2.19. The molecule has 0 bridgehead atoms. The third-order valence-corrected chi connectivity index (χ3v) is 3.30. The normalized spacial score (nSPS) is 12.8. The molecule has 1 heterocycles. The molecule has 0 saturated heterocycles. The Morgan fingerprint density at radius 1 is 1.43 bits per heavy atom. The number of fused-ring (bicyclic) bond motifs is 1. The van der Waals surface area contributed by atoms with E-state index in [9.17, 15) is 13.6 Å². The lowest BCUT2D eigenvalue weighted by Gasteiger charge is -2.25. The van der Waals surface area contributed by atoms with Gasteiger partial charge in [0, 0.05) is 6.54 Å². The summed E-state index contributed by atoms with van der Waals surface area (Å²) in [7, 11) is 0. The van der Waals surface area contributed by atoms with E-state index in [0.29, 0.717) is 0 Å². The summed E-state index contributed by atoms with van der Waals surface area (Å²) in [6.45, 7) is 0.485. The van der Waals surface area contributed by atoms with Crippen molar-refractivity contribution >= 4 is 16.9 Å². The molecule has 2 aromatic rings. The van der Waals surface area contributed by atoms with Gasteiger partial charge in [-0.1, -0.05) is 12.1 Å². The van der Waals surface area contributed by atoms with Crippen molar-refractivity contribution in [1.82, 2.24) is 14.5 Å². The van der Waals surface area contributed by atoms with Gasteiger partial charge in [-0.3, -0.25) is 4.79 Å². The molecule has 7 heteroatoms. The van der Waals surface area contributed by atoms with Crippen LogP contribution in [0.5, 0.6) is 0 Å². The maximum absolute atomic E-state index is 12.5. The molecule has 2 rings (SSSR count). The summed E-state index contributed by atoms with van der Waals surface area (Å²) >= 11 is 0. The Balaban J connectivity index is 2.24. The molecule has 0 aliphatic carbocycles. The number of benzene rings is 1. The standard InChI is InChI=1S/C14H17F2N3O2/c1-10(14(21)18(6-7-20)8-13(15)16)19-9-17-11-4-2-3-5-12(11)19/h2-5,9-10,13,20H,6-8H2,1H3. The molecule has 0 spiro atoms. The Morgan fingerprint density at radius 2 is 2.14 bits per heavy atom. The maximum Gasteiger partial charge on any atom is 0.255 e. The smallest absolute Gasteiger partial charge is 0.255 e. The van der Waals surface area contributed by atoms with Crippen molar-refractivity contribution in [3.63, 3.8) is 0 Å². The zero-order valence-corrected chi connectivity index (χ0v) is 11.6. The van der Waals surface area contributed by atoms with Crippen LogP contribution in [0.25, 0.3) is 11.0 Å². The minimum absolute atomic E-state index is 0.111. The third kappa shape index (κ3) is 3.36. The van der Waals surface area contributed by atoms with Gasteiger partial charge in [0.15, 0.2) is 0 Å². The lowest BCUT2D eigenvalue weighted by atomic mass is 10.2. The van der Waals surface area contributed by atoms with E-state index < -0.39 is 24.9 Å². The van der Waals surface area contributed by atoms with Crippen LogP contribution in [0.4, 0.5) is 8.78 Å². The number of alkyl halides is 2. The van der Waals surface area contributed by atoms with E-state index in [4.69, 9.17) is 5.11 Å². The Bertz CT molecular complexity index is 615. The molecule has 1 aromatic carbocycles. The summed E-state index contributed by atoms with van der Waals surface area (Å²) in [4.78, 5) is 17.5. The van der Waals surface area contributed by atoms with E-state index in [1.165, 1.54) is 6.33 Å². The first kappa shape index (κ1) is 15.4. The van der Waals surface area contributed by atoms with Gasteiger partial charge in [-0.05, 0) is 19.1 Å². The summed E-state index contributed by atoms with van der Waals surface area (Å²) in [6, 6.07) is 6.62. The van der Waals surface area contributed by atoms with Crippen LogP contribution in [-0.4, -0.2) is 51.6 Å². The number of nitrogens with zero attached hydrogens (tertiary/aromatic N) is 3. The Kier molecular flexibility index (Phi) is 4.85. The molecule has 1 aromatic heterocycles. The van der Waals surface area contributed by atoms with Crippen LogP contribution in [0.15, 0.2) is 30.6 Å². The molecule has 1 amide bonds. The fourth-order valence-electron chi connectivity index (χ4n) is 2.25. The van der Waals surface area contributed by atoms with Gasteiger partial charge in [0.1, 0.15) is 6.04 Å². The molecule has 0 aliphatic heterocycles. The lowest BCUT2D eigenvalue weighted by molar-refractivity contribution is -0.136. The molecule has 21 heavy (non-hydrogen) atoms. The molecular weight excluding hydrogens is 280 g/mol. The van der Waals surface area contributed by atoms with Crippen molar-refractivity contribution in [2.75, 3.05) is 19.7 Å². The first-order valence-electron chi connectivity index (χ1n) is 6.64. The summed E-state index contributed by atoms with van der Waals surface area (Å²) < 4.78 is 26.7. The number of aliphatic hydroxyl groups excluding tert-OH is 1. The zero-order chi connectivity index (χ0) is 15.4. The van der Waals surface area contributed by atoms with Gasteiger partial charge < -0.3 is 14.6 Å². The molecule has 0 saturated carbocycles. The second kappa shape index (κ2) is 6.62. The average Bonchev–Trinajstić information content (AvgIpc) is 2.88. The zero-order valence-electron chi connectivity index (χ0n) is 11.6. The largest absolute Gasteiger partial charge is 0.395 e. The number of para-hydroxylation sites is 2. The highest BCUT2D eigenvalue weighted by molar-refractivity contribution is 5.83. The van der Waals surface area contributed by atoms with Crippen LogP contribution in [-0.2, 0) is 4.79 Å². The molecule has 114 valence electrons. The third-order valence-electron chi connectivity index (χ3n) is 3.30. The maximum atomic E-state index is 12.5. The number of hydrogen-bond donors (Lipinski definition) is 1. The summed E-state index contributed by atoms with van der Waals surface area (Å²) in [5.74, 6) is -0.465. The number of carbonyl (C=O) groups excluding carboxylic acids is 1. The topological polar surface area (TPSA) is 58.4 Å². The van der Waals surface area contributed by atoms with E-state index in [2.05, 4.69) is 4.98 Å². The average molecular weight is 297 g/mol. The van der Waals surface area contributed by atoms with Gasteiger partial charge >= 0.3 is 0 Å². The van der Waals surface area contributed by atoms with Crippen LogP contribution in [0, 0.1) is 0 Å². The van der Waals surface area contributed by atoms with Gasteiger partial charge in [0.25, 0.3) is 6.43 Å². The minimum Gasteiger partial charge on any atom is -0.395 e. The summed E-state index contributed by atoms with van der Waals surface area (Å²) in [5, 5.41) is 8.92. The number of hydrogen-bond acceptors (Lipinski definition) is 3. The number of aliphatic hydroxyl groups is 1. The number of aromatic nitrogens is 2. The highest BCUT2D eigenvalue weighted by atomic mass is 19.3. The molecule has 1 N–H and O–H groups in total. The van der Waals surface area contributed by atoms with E-state index in [1.807, 2.05) is 24.3 Å². The fraction of sp³-hybridized carbons (Fsp3) is 0.429. The lowest BCUT2D eigenvalue weighted by Crippen LogP contribution is -2.40. The van der Waals surface area contributed by atoms with E-state index in [1.54, 1.807) is 11.5 Å². The molecule has 0 aliphatic rings. The molecule has 0 fully saturated rings. The van der Waals surface area contributed by atoms with Crippen molar-refractivity contribution in [2.24, 2.45) is 0 Å². The van der Waals surface area contributed by atoms with Crippen LogP contribution < -0.4 is 0 Å². The molecule has 1 atom stereocenters. The van der Waals surface area contributed by atoms with Crippen LogP contribution in [0.3, 0.4) is 0 Å². The Labute approximate surface area is 120 Å². The van der Waals surface area contributed by atoms with Gasteiger partial charge in [-0.15, -0.1) is 0 Å². The van der Waals surface area contributed by atoms with Crippen molar-refractivity contribution < 1.29 is 18.7 Å². The van der Waals surface area contributed by atoms with Crippen LogP contribution in [0.2, 0.25) is 0 Å². The number of rotatable bonds is 6. The van der Waals surface area contributed by atoms with Gasteiger partial charge in [0.05, 0.1) is 30.5 Å². The first-order chi connectivity index (χ1) is 10.0. The number of halogens is 2. The van der Waals surface area contributed by atoms with Gasteiger partial charge in [-0.2, -0.15) is 0 Å². The monoisotopic (exact) mass is 297 g/mol. The number of carbonyl (C=O) groups is 1. The number of imidazole rings is 1. The minimum atomic E-state index is -2.63. The van der Waals surface area contributed by atoms with Gasteiger partial charge in [-0.25, -0.2) is 13.8 Å². The molecule has 1 unspecified atom stereocenters. The molecule has 0 radical (unpaired) electrons. The Hall–Kier alpha value is -2.02. The second-order valence-electron chi connectivity index (χ2n) is 4.72. The molecule has 5 nitrogen and oxygen atoms in total. The first-order valence-corrected chi connectivity index (χ1v) is 6.64. The van der Waals surface area contributed by atoms with Crippen molar-refractivity contribution in [3.8, 4) is 0 Å². The van der Waals surface area contributed by atoms with Crippen molar-refractivity contribution in [3.05, 3.63) is 30.6 Å². The van der Waals surface area contributed by atoms with Gasteiger partial charge in [0.2, 0.25) is 5.91 Å². The molecular formula is C14H17F2N3O2. The fourth-order valence-corrected chi connectivity index (χ4v) is 2.25. The summed E-state index contributed by atoms with van der Waals surface area (Å²) in [6.07, 6.45) is -1.11. The predicted octanol–water partition coefficient (Wildman–Crippen LogP) is 1.68. The highest BCUT2D eigenvalue weighted by Gasteiger charge is 2.25. The van der Waals surface area contributed by atoms with Crippen molar-refractivity contribution in [2.45, 2.75) is 19.4 Å². The number of amides is 1. The SMILES string of the molecule is CC(C(=O)N(CCO)CC(F)F)n1cnc2ccccc21. The Morgan fingerprint density at radius 3 is 2.81 bits per heavy atom. The predicted molar refractivity (Wildman–Crippen MR) is 74.1 cm³/mol. The van der Waals surface area contributed by atoms with Crippen LogP contribution >= 0.6 is 0 Å². The quantitative estimate of drug-likeness (QED) is 0.882. The van der Waals surface area contributed by atoms with Crippen LogP contribution in [0.1, 0.15) is 13.0 Å².